The van der Waals surface area contributed by atoms with Crippen molar-refractivity contribution in [3.63, 3.8) is 0 Å². The number of benzene rings is 1. The molecule has 0 bridgehead atoms. The Bertz CT molecular complexity index is 491. The molecule has 0 fully saturated rings. The van der Waals surface area contributed by atoms with E-state index in [4.69, 9.17) is 11.6 Å². The molecule has 0 saturated heterocycles. The minimum Gasteiger partial charge on any atom is -0.380 e. The van der Waals surface area contributed by atoms with Gasteiger partial charge in [-0.1, -0.05) is 23.7 Å². The van der Waals surface area contributed by atoms with Crippen LogP contribution < -0.4 is 10.2 Å². The van der Waals surface area contributed by atoms with Gasteiger partial charge in [0.2, 0.25) is 0 Å². The second-order valence-electron chi connectivity index (χ2n) is 4.28. The Morgan fingerprint density at radius 3 is 2.39 bits per heavy atom. The SMILES string of the molecule is CN(C)c1ccc(CNc2ccc(Cl)nc2)cc1. The van der Waals surface area contributed by atoms with Crippen molar-refractivity contribution in [1.82, 2.24) is 4.98 Å². The maximum atomic E-state index is 5.73. The molecule has 1 N–H and O–H groups in total. The fourth-order valence-electron chi connectivity index (χ4n) is 1.60. The minimum absolute atomic E-state index is 0.510. The lowest BCUT2D eigenvalue weighted by molar-refractivity contribution is 1.11. The van der Waals surface area contributed by atoms with E-state index in [1.807, 2.05) is 20.2 Å². The van der Waals surface area contributed by atoms with E-state index in [9.17, 15) is 0 Å². The van der Waals surface area contributed by atoms with E-state index >= 15 is 0 Å². The molecule has 3 nitrogen and oxygen atoms in total. The van der Waals surface area contributed by atoms with Crippen molar-refractivity contribution in [2.45, 2.75) is 6.54 Å². The molecular weight excluding hydrogens is 246 g/mol. The van der Waals surface area contributed by atoms with Gasteiger partial charge in [-0.05, 0) is 29.8 Å². The average Bonchev–Trinajstić information content (AvgIpc) is 2.38. The van der Waals surface area contributed by atoms with E-state index in [1.165, 1.54) is 11.3 Å². The molecule has 0 radical (unpaired) electrons. The van der Waals surface area contributed by atoms with Crippen LogP contribution >= 0.6 is 11.6 Å². The highest BCUT2D eigenvalue weighted by atomic mass is 35.5. The number of aromatic nitrogens is 1. The number of hydrogen-bond acceptors (Lipinski definition) is 3. The Morgan fingerprint density at radius 1 is 1.11 bits per heavy atom. The monoisotopic (exact) mass is 261 g/mol. The molecule has 94 valence electrons. The van der Waals surface area contributed by atoms with Crippen molar-refractivity contribution in [2.24, 2.45) is 0 Å². The second-order valence-corrected chi connectivity index (χ2v) is 4.67. The molecule has 1 heterocycles. The fraction of sp³-hybridized carbons (Fsp3) is 0.214. The third kappa shape index (κ3) is 3.37. The maximum Gasteiger partial charge on any atom is 0.129 e. The summed E-state index contributed by atoms with van der Waals surface area (Å²) in [5, 5.41) is 3.81. The van der Waals surface area contributed by atoms with Crippen molar-refractivity contribution in [1.29, 1.82) is 0 Å². The zero-order valence-electron chi connectivity index (χ0n) is 10.5. The summed E-state index contributed by atoms with van der Waals surface area (Å²) in [6.45, 7) is 0.775. The van der Waals surface area contributed by atoms with Gasteiger partial charge in [-0.25, -0.2) is 4.98 Å². The van der Waals surface area contributed by atoms with Gasteiger partial charge in [0.1, 0.15) is 5.15 Å². The number of nitrogens with one attached hydrogen (secondary N) is 1. The number of nitrogens with zero attached hydrogens (tertiary/aromatic N) is 2. The van der Waals surface area contributed by atoms with Gasteiger partial charge in [0.25, 0.3) is 0 Å². The number of rotatable bonds is 4. The van der Waals surface area contributed by atoms with Crippen molar-refractivity contribution < 1.29 is 0 Å². The van der Waals surface area contributed by atoms with Gasteiger partial charge < -0.3 is 10.2 Å². The van der Waals surface area contributed by atoms with E-state index in [-0.39, 0.29) is 0 Å². The lowest BCUT2D eigenvalue weighted by Crippen LogP contribution is -2.08. The van der Waals surface area contributed by atoms with Crippen molar-refractivity contribution in [2.75, 3.05) is 24.3 Å². The van der Waals surface area contributed by atoms with Crippen LogP contribution in [0.3, 0.4) is 0 Å². The lowest BCUT2D eigenvalue weighted by atomic mass is 10.2. The highest BCUT2D eigenvalue weighted by Crippen LogP contribution is 2.14. The quantitative estimate of drug-likeness (QED) is 0.855. The molecule has 0 aliphatic carbocycles. The van der Waals surface area contributed by atoms with E-state index in [0.29, 0.717) is 5.15 Å². The van der Waals surface area contributed by atoms with Gasteiger partial charge in [0.15, 0.2) is 0 Å². The summed E-state index contributed by atoms with van der Waals surface area (Å²) in [5.41, 5.74) is 3.40. The number of anilines is 2. The third-order valence-corrected chi connectivity index (χ3v) is 2.90. The van der Waals surface area contributed by atoms with Crippen LogP contribution in [0.25, 0.3) is 0 Å². The van der Waals surface area contributed by atoms with Crippen LogP contribution in [-0.2, 0) is 6.54 Å². The van der Waals surface area contributed by atoms with Gasteiger partial charge in [-0.15, -0.1) is 0 Å². The molecule has 2 aromatic rings. The Labute approximate surface area is 112 Å². The van der Waals surface area contributed by atoms with Crippen molar-refractivity contribution in [3.8, 4) is 0 Å². The van der Waals surface area contributed by atoms with Crippen LogP contribution in [0.2, 0.25) is 5.15 Å². The highest BCUT2D eigenvalue weighted by molar-refractivity contribution is 6.29. The molecule has 4 heteroatoms. The van der Waals surface area contributed by atoms with Crippen LogP contribution in [0.1, 0.15) is 5.56 Å². The largest absolute Gasteiger partial charge is 0.380 e. The van der Waals surface area contributed by atoms with Crippen LogP contribution in [-0.4, -0.2) is 19.1 Å². The van der Waals surface area contributed by atoms with E-state index in [2.05, 4.69) is 39.5 Å². The smallest absolute Gasteiger partial charge is 0.129 e. The summed E-state index contributed by atoms with van der Waals surface area (Å²) in [5.74, 6) is 0. The lowest BCUT2D eigenvalue weighted by Gasteiger charge is -2.13. The van der Waals surface area contributed by atoms with Crippen LogP contribution in [0.5, 0.6) is 0 Å². The van der Waals surface area contributed by atoms with E-state index in [1.54, 1.807) is 12.3 Å². The van der Waals surface area contributed by atoms with E-state index < -0.39 is 0 Å². The second kappa shape index (κ2) is 5.74. The van der Waals surface area contributed by atoms with Gasteiger partial charge in [-0.3, -0.25) is 0 Å². The standard InChI is InChI=1S/C14H16ClN3/c1-18(2)13-6-3-11(4-7-13)9-16-12-5-8-14(15)17-10-12/h3-8,10,16H,9H2,1-2H3. The normalized spacial score (nSPS) is 10.2. The average molecular weight is 262 g/mol. The van der Waals surface area contributed by atoms with Crippen molar-refractivity contribution >= 4 is 23.0 Å². The predicted octanol–water partition coefficient (Wildman–Crippen LogP) is 3.41. The van der Waals surface area contributed by atoms with Gasteiger partial charge >= 0.3 is 0 Å². The van der Waals surface area contributed by atoms with Crippen LogP contribution in [0, 0.1) is 0 Å². The Kier molecular flexibility index (Phi) is 4.05. The van der Waals surface area contributed by atoms with Gasteiger partial charge in [0.05, 0.1) is 11.9 Å². The molecule has 0 saturated carbocycles. The van der Waals surface area contributed by atoms with Crippen molar-refractivity contribution in [3.05, 3.63) is 53.3 Å². The minimum atomic E-state index is 0.510. The highest BCUT2D eigenvalue weighted by Gasteiger charge is 1.97. The number of hydrogen-bond donors (Lipinski definition) is 1. The number of halogens is 1. The third-order valence-electron chi connectivity index (χ3n) is 2.68. The molecule has 0 aliphatic rings. The summed E-state index contributed by atoms with van der Waals surface area (Å²) in [6, 6.07) is 12.1. The molecule has 0 aliphatic heterocycles. The molecule has 0 spiro atoms. The molecule has 0 unspecified atom stereocenters. The zero-order valence-corrected chi connectivity index (χ0v) is 11.3. The zero-order chi connectivity index (χ0) is 13.0. The summed E-state index contributed by atoms with van der Waals surface area (Å²) in [6.07, 6.45) is 1.73. The summed E-state index contributed by atoms with van der Waals surface area (Å²) in [4.78, 5) is 6.11. The Balaban J connectivity index is 1.95. The molecule has 0 amide bonds. The first-order valence-electron chi connectivity index (χ1n) is 5.77. The number of pyridine rings is 1. The fourth-order valence-corrected chi connectivity index (χ4v) is 1.71. The predicted molar refractivity (Wildman–Crippen MR) is 77.3 cm³/mol. The van der Waals surface area contributed by atoms with Crippen LogP contribution in [0.4, 0.5) is 11.4 Å². The molecule has 1 aromatic heterocycles. The van der Waals surface area contributed by atoms with Gasteiger partial charge in [0, 0.05) is 26.3 Å². The Morgan fingerprint density at radius 2 is 1.83 bits per heavy atom. The summed E-state index contributed by atoms with van der Waals surface area (Å²) < 4.78 is 0. The molecular formula is C14H16ClN3. The van der Waals surface area contributed by atoms with Gasteiger partial charge in [-0.2, -0.15) is 0 Å². The first-order valence-corrected chi connectivity index (χ1v) is 6.14. The Hall–Kier alpha value is -1.74. The maximum absolute atomic E-state index is 5.73. The topological polar surface area (TPSA) is 28.2 Å². The molecule has 1 aromatic carbocycles. The molecule has 18 heavy (non-hydrogen) atoms. The van der Waals surface area contributed by atoms with Crippen LogP contribution in [0.15, 0.2) is 42.6 Å². The molecule has 0 atom stereocenters. The summed E-state index contributed by atoms with van der Waals surface area (Å²) in [7, 11) is 4.07. The first kappa shape index (κ1) is 12.7. The van der Waals surface area contributed by atoms with E-state index in [0.717, 1.165) is 12.2 Å². The molecule has 2 rings (SSSR count). The summed E-state index contributed by atoms with van der Waals surface area (Å²) >= 11 is 5.73. The first-order chi connectivity index (χ1) is 8.65.